The molecule has 0 radical (unpaired) electrons. The zero-order valence-corrected chi connectivity index (χ0v) is 19.1. The summed E-state index contributed by atoms with van der Waals surface area (Å²) in [6.45, 7) is 1.49. The lowest BCUT2D eigenvalue weighted by Gasteiger charge is -2.34. The van der Waals surface area contributed by atoms with Crippen LogP contribution in [0.3, 0.4) is 0 Å². The molecule has 0 amide bonds. The van der Waals surface area contributed by atoms with Crippen molar-refractivity contribution in [1.29, 1.82) is 0 Å². The molecule has 1 fully saturated rings. The molecule has 0 spiro atoms. The minimum Gasteiger partial charge on any atom is -0.354 e. The molecule has 0 aliphatic carbocycles. The zero-order valence-electron chi connectivity index (χ0n) is 16.8. The Labute approximate surface area is 193 Å². The second-order valence-corrected chi connectivity index (χ2v) is 10.5. The molecule has 0 N–H and O–H groups in total. The Morgan fingerprint density at radius 3 is 2.34 bits per heavy atom. The maximum absolute atomic E-state index is 12.8. The largest absolute Gasteiger partial charge is 0.354 e. The molecule has 3 heterocycles. The topological polar surface area (TPSA) is 87.9 Å². The van der Waals surface area contributed by atoms with Crippen LogP contribution in [0.25, 0.3) is 15.5 Å². The number of fused-ring (bicyclic) bond motifs is 1. The van der Waals surface area contributed by atoms with Crippen LogP contribution in [0.5, 0.6) is 0 Å². The van der Waals surface area contributed by atoms with Crippen LogP contribution in [0.15, 0.2) is 70.4 Å². The first-order valence-electron chi connectivity index (χ1n) is 9.89. The molecule has 2 aromatic heterocycles. The van der Waals surface area contributed by atoms with Gasteiger partial charge in [0.05, 0.1) is 9.92 Å². The molecular weight excluding hydrogens is 470 g/mol. The lowest BCUT2D eigenvalue weighted by atomic mass is 10.2. The van der Waals surface area contributed by atoms with Crippen LogP contribution in [-0.4, -0.2) is 53.5 Å². The molecule has 1 saturated heterocycles. The van der Waals surface area contributed by atoms with E-state index in [9.17, 15) is 13.2 Å². The van der Waals surface area contributed by atoms with E-state index in [1.807, 2.05) is 23.1 Å². The number of nitrogens with zero attached hydrogens (tertiary/aromatic N) is 5. The minimum absolute atomic E-state index is 0.281. The van der Waals surface area contributed by atoms with Crippen molar-refractivity contribution in [1.82, 2.24) is 18.9 Å². The molecule has 0 atom stereocenters. The van der Waals surface area contributed by atoms with Gasteiger partial charge in [0.2, 0.25) is 15.0 Å². The monoisotopic (exact) mass is 487 g/mol. The molecule has 0 bridgehead atoms. The lowest BCUT2D eigenvalue weighted by molar-refractivity contribution is 0.384. The predicted molar refractivity (Wildman–Crippen MR) is 125 cm³/mol. The van der Waals surface area contributed by atoms with Gasteiger partial charge >= 0.3 is 0 Å². The predicted octanol–water partition coefficient (Wildman–Crippen LogP) is 2.98. The first-order valence-corrected chi connectivity index (χ1v) is 12.5. The molecule has 0 saturated carbocycles. The highest BCUT2D eigenvalue weighted by Gasteiger charge is 2.29. The third-order valence-electron chi connectivity index (χ3n) is 5.28. The Bertz CT molecular complexity index is 1450. The third kappa shape index (κ3) is 3.79. The minimum atomic E-state index is -3.54. The van der Waals surface area contributed by atoms with Crippen LogP contribution in [-0.2, 0) is 10.0 Å². The van der Waals surface area contributed by atoms with Crippen molar-refractivity contribution < 1.29 is 8.42 Å². The highest BCUT2D eigenvalue weighted by molar-refractivity contribution is 7.89. The number of sulfonamides is 1. The molecule has 11 heteroatoms. The molecule has 4 aromatic rings. The van der Waals surface area contributed by atoms with E-state index >= 15 is 0 Å². The van der Waals surface area contributed by atoms with Gasteiger partial charge < -0.3 is 4.90 Å². The van der Waals surface area contributed by atoms with E-state index in [0.717, 1.165) is 5.56 Å². The van der Waals surface area contributed by atoms with E-state index in [0.29, 0.717) is 47.0 Å². The standard InChI is InChI=1S/C21H18ClN5O3S2/c22-17-9-5-4-8-16(17)20-24-27-19(28)14-18(23-21(27)31-20)25-10-12-26(13-11-25)32(29,30)15-6-2-1-3-7-15/h1-9,14H,10-13H2. The Morgan fingerprint density at radius 1 is 0.938 bits per heavy atom. The van der Waals surface area contributed by atoms with Crippen LogP contribution in [0, 0.1) is 0 Å². The summed E-state index contributed by atoms with van der Waals surface area (Å²) >= 11 is 7.55. The SMILES string of the molecule is O=c1cc(N2CCN(S(=O)(=O)c3ccccc3)CC2)nc2sc(-c3ccccc3Cl)nn12. The number of hydrogen-bond donors (Lipinski definition) is 0. The fraction of sp³-hybridized carbons (Fsp3) is 0.190. The van der Waals surface area contributed by atoms with E-state index in [-0.39, 0.29) is 10.5 Å². The number of aromatic nitrogens is 3. The summed E-state index contributed by atoms with van der Waals surface area (Å²) in [6.07, 6.45) is 0. The van der Waals surface area contributed by atoms with Crippen LogP contribution < -0.4 is 10.5 Å². The normalized spacial score (nSPS) is 15.3. The Balaban J connectivity index is 1.39. The van der Waals surface area contributed by atoms with Crippen molar-refractivity contribution in [2.75, 3.05) is 31.1 Å². The van der Waals surface area contributed by atoms with Crippen molar-refractivity contribution >= 4 is 43.7 Å². The number of piperazine rings is 1. The van der Waals surface area contributed by atoms with Gasteiger partial charge in [0.1, 0.15) is 10.8 Å². The van der Waals surface area contributed by atoms with Gasteiger partial charge in [-0.3, -0.25) is 4.79 Å². The van der Waals surface area contributed by atoms with Crippen LogP contribution in [0.2, 0.25) is 5.02 Å². The van der Waals surface area contributed by atoms with Crippen molar-refractivity contribution in [2.24, 2.45) is 0 Å². The maximum atomic E-state index is 12.8. The van der Waals surface area contributed by atoms with Crippen LogP contribution in [0.1, 0.15) is 0 Å². The van der Waals surface area contributed by atoms with Crippen LogP contribution in [0.4, 0.5) is 5.82 Å². The number of hydrogen-bond acceptors (Lipinski definition) is 7. The van der Waals surface area contributed by atoms with Crippen molar-refractivity contribution in [3.63, 3.8) is 0 Å². The second kappa shape index (κ2) is 8.28. The summed E-state index contributed by atoms with van der Waals surface area (Å²) in [5.74, 6) is 0.515. The zero-order chi connectivity index (χ0) is 22.3. The van der Waals surface area contributed by atoms with E-state index < -0.39 is 10.0 Å². The van der Waals surface area contributed by atoms with Gasteiger partial charge in [0.25, 0.3) is 5.56 Å². The highest BCUT2D eigenvalue weighted by atomic mass is 35.5. The summed E-state index contributed by atoms with van der Waals surface area (Å²) < 4.78 is 28.4. The number of halogens is 1. The van der Waals surface area contributed by atoms with Crippen LogP contribution >= 0.6 is 22.9 Å². The first kappa shape index (κ1) is 21.1. The molecular formula is C21H18ClN5O3S2. The Kier molecular flexibility index (Phi) is 5.46. The smallest absolute Gasteiger partial charge is 0.277 e. The van der Waals surface area contributed by atoms with Crippen molar-refractivity contribution in [3.8, 4) is 10.6 Å². The summed E-state index contributed by atoms with van der Waals surface area (Å²) in [5.41, 5.74) is 0.448. The van der Waals surface area contributed by atoms with Crippen molar-refractivity contribution in [3.05, 3.63) is 76.0 Å². The number of anilines is 1. The molecule has 1 aliphatic rings. The average Bonchev–Trinajstić information content (AvgIpc) is 3.25. The summed E-state index contributed by atoms with van der Waals surface area (Å²) in [7, 11) is -3.54. The summed E-state index contributed by atoms with van der Waals surface area (Å²) in [5, 5.41) is 5.54. The summed E-state index contributed by atoms with van der Waals surface area (Å²) in [6, 6.07) is 17.1. The van der Waals surface area contributed by atoms with Gasteiger partial charge in [-0.05, 0) is 18.2 Å². The van der Waals surface area contributed by atoms with Gasteiger partial charge in [0, 0.05) is 37.8 Å². The summed E-state index contributed by atoms with van der Waals surface area (Å²) in [4.78, 5) is 20.0. The fourth-order valence-electron chi connectivity index (χ4n) is 3.60. The third-order valence-corrected chi connectivity index (χ3v) is 8.46. The molecule has 8 nitrogen and oxygen atoms in total. The second-order valence-electron chi connectivity index (χ2n) is 7.24. The van der Waals surface area contributed by atoms with E-state index in [1.165, 1.54) is 26.2 Å². The van der Waals surface area contributed by atoms with Gasteiger partial charge in [-0.2, -0.15) is 13.9 Å². The Hall–Kier alpha value is -2.79. The Morgan fingerprint density at radius 2 is 1.62 bits per heavy atom. The molecule has 0 unspecified atom stereocenters. The van der Waals surface area contributed by atoms with E-state index in [2.05, 4.69) is 10.1 Å². The quantitative estimate of drug-likeness (QED) is 0.440. The molecule has 164 valence electrons. The molecule has 1 aliphatic heterocycles. The van der Waals surface area contributed by atoms with Gasteiger partial charge in [-0.15, -0.1) is 0 Å². The molecule has 2 aromatic carbocycles. The number of rotatable bonds is 4. The maximum Gasteiger partial charge on any atom is 0.277 e. The average molecular weight is 488 g/mol. The molecule has 32 heavy (non-hydrogen) atoms. The fourth-order valence-corrected chi connectivity index (χ4v) is 6.27. The van der Waals surface area contributed by atoms with Gasteiger partial charge in [-0.1, -0.05) is 59.3 Å². The van der Waals surface area contributed by atoms with Crippen molar-refractivity contribution in [2.45, 2.75) is 4.90 Å². The van der Waals surface area contributed by atoms with E-state index in [4.69, 9.17) is 11.6 Å². The lowest BCUT2D eigenvalue weighted by Crippen LogP contribution is -2.49. The van der Waals surface area contributed by atoms with E-state index in [1.54, 1.807) is 36.4 Å². The van der Waals surface area contributed by atoms with Gasteiger partial charge in [-0.25, -0.2) is 13.4 Å². The number of benzene rings is 2. The first-order chi connectivity index (χ1) is 15.4. The molecule has 5 rings (SSSR count). The van der Waals surface area contributed by atoms with Gasteiger partial charge in [0.15, 0.2) is 0 Å². The highest BCUT2D eigenvalue weighted by Crippen LogP contribution is 2.31.